The number of aromatic nitrogens is 1. The van der Waals surface area contributed by atoms with Crippen molar-refractivity contribution in [2.75, 3.05) is 48.8 Å². The smallest absolute Gasteiger partial charge is 0.165 e. The van der Waals surface area contributed by atoms with Gasteiger partial charge in [0.1, 0.15) is 12.0 Å². The van der Waals surface area contributed by atoms with Gasteiger partial charge in [-0.05, 0) is 60.7 Å². The molecule has 2 N–H and O–H groups in total. The molecule has 0 radical (unpaired) electrons. The molecule has 1 aliphatic rings. The fourth-order valence-electron chi connectivity index (χ4n) is 3.15. The van der Waals surface area contributed by atoms with E-state index in [0.29, 0.717) is 11.4 Å². The molecule has 30 heavy (non-hydrogen) atoms. The average Bonchev–Trinajstić information content (AvgIpc) is 2.80. The molecule has 0 aliphatic carbocycles. The lowest BCUT2D eigenvalue weighted by Crippen LogP contribution is -2.47. The molecule has 3 aromatic rings. The van der Waals surface area contributed by atoms with Crippen molar-refractivity contribution in [2.45, 2.75) is 0 Å². The number of hydrogen-bond donors (Lipinski definition) is 1. The molecule has 7 heteroatoms. The minimum atomic E-state index is -0.256. The molecule has 6 nitrogen and oxygen atoms in total. The number of methoxy groups -OCH3 is 1. The van der Waals surface area contributed by atoms with Crippen LogP contribution in [-0.4, -0.2) is 44.6 Å². The Hall–Kier alpha value is -3.61. The Kier molecular flexibility index (Phi) is 7.21. The Bertz CT molecular complexity index is 947. The molecular weight excluding hydrogens is 383 g/mol. The Balaban J connectivity index is 0.000000264. The van der Waals surface area contributed by atoms with E-state index in [1.807, 2.05) is 29.2 Å². The van der Waals surface area contributed by atoms with E-state index in [9.17, 15) is 9.18 Å². The van der Waals surface area contributed by atoms with E-state index in [1.54, 1.807) is 43.6 Å². The molecule has 1 fully saturated rings. The van der Waals surface area contributed by atoms with Gasteiger partial charge in [-0.1, -0.05) is 0 Å². The number of piperazine rings is 1. The molecule has 0 bridgehead atoms. The quantitative estimate of drug-likeness (QED) is 0.520. The van der Waals surface area contributed by atoms with Crippen molar-refractivity contribution in [2.24, 2.45) is 0 Å². The van der Waals surface area contributed by atoms with Crippen LogP contribution < -0.4 is 20.3 Å². The largest absolute Gasteiger partial charge is 0.497 e. The standard InChI is InChI=1S/C15H17FN4.C8H8O2.H2/c16-14-2-1-7-18-15(14)20-10-8-19(9-11-20)13-5-3-12(17)4-6-13;1-10-8-4-2-7(6-9)3-5-8;/h1-7H,8-11,17H2;2-6H,1H3;1H. The van der Waals surface area contributed by atoms with Gasteiger partial charge in [-0.25, -0.2) is 9.37 Å². The van der Waals surface area contributed by atoms with Crippen LogP contribution in [0, 0.1) is 5.82 Å². The van der Waals surface area contributed by atoms with Gasteiger partial charge in [0.05, 0.1) is 7.11 Å². The topological polar surface area (TPSA) is 71.7 Å². The number of nitrogens with zero attached hydrogens (tertiary/aromatic N) is 3. The third-order valence-corrected chi connectivity index (χ3v) is 4.83. The molecule has 2 aromatic carbocycles. The van der Waals surface area contributed by atoms with Crippen molar-refractivity contribution in [3.63, 3.8) is 0 Å². The van der Waals surface area contributed by atoms with Gasteiger partial charge in [0.15, 0.2) is 11.6 Å². The molecule has 1 saturated heterocycles. The summed E-state index contributed by atoms with van der Waals surface area (Å²) in [4.78, 5) is 18.6. The van der Waals surface area contributed by atoms with Crippen LogP contribution in [0.4, 0.5) is 21.6 Å². The summed E-state index contributed by atoms with van der Waals surface area (Å²) < 4.78 is 18.6. The molecule has 0 saturated carbocycles. The second-order valence-corrected chi connectivity index (χ2v) is 6.77. The van der Waals surface area contributed by atoms with E-state index < -0.39 is 0 Å². The second-order valence-electron chi connectivity index (χ2n) is 6.77. The fraction of sp³-hybridized carbons (Fsp3) is 0.217. The fourth-order valence-corrected chi connectivity index (χ4v) is 3.15. The molecule has 4 rings (SSSR count). The molecule has 1 aliphatic heterocycles. The summed E-state index contributed by atoms with van der Waals surface area (Å²) in [5.74, 6) is 0.962. The lowest BCUT2D eigenvalue weighted by molar-refractivity contribution is 0.112. The van der Waals surface area contributed by atoms with Crippen molar-refractivity contribution < 1.29 is 15.3 Å². The summed E-state index contributed by atoms with van der Waals surface area (Å²) in [6, 6.07) is 17.8. The van der Waals surface area contributed by atoms with E-state index in [-0.39, 0.29) is 7.24 Å². The Morgan fingerprint density at radius 3 is 2.20 bits per heavy atom. The van der Waals surface area contributed by atoms with Gasteiger partial charge in [-0.3, -0.25) is 4.79 Å². The summed E-state index contributed by atoms with van der Waals surface area (Å²) >= 11 is 0. The SMILES string of the molecule is COc1ccc(C=O)cc1.Nc1ccc(N2CCN(c3ncccc3F)CC2)cc1.[HH]. The third-order valence-electron chi connectivity index (χ3n) is 4.83. The van der Waals surface area contributed by atoms with Gasteiger partial charge < -0.3 is 20.3 Å². The Morgan fingerprint density at radius 2 is 1.63 bits per heavy atom. The summed E-state index contributed by atoms with van der Waals surface area (Å²) in [5.41, 5.74) is 8.28. The third kappa shape index (κ3) is 5.47. The number of hydrogen-bond acceptors (Lipinski definition) is 6. The highest BCUT2D eigenvalue weighted by Crippen LogP contribution is 2.21. The maximum atomic E-state index is 13.7. The van der Waals surface area contributed by atoms with Gasteiger partial charge in [0.25, 0.3) is 0 Å². The zero-order valence-corrected chi connectivity index (χ0v) is 16.9. The number of carbonyl (C=O) groups excluding carboxylic acids is 1. The van der Waals surface area contributed by atoms with Gasteiger partial charge in [0.2, 0.25) is 0 Å². The van der Waals surface area contributed by atoms with Crippen LogP contribution >= 0.6 is 0 Å². The first-order valence-corrected chi connectivity index (χ1v) is 9.66. The number of halogens is 1. The summed E-state index contributed by atoms with van der Waals surface area (Å²) in [5, 5.41) is 0. The minimum Gasteiger partial charge on any atom is -0.497 e. The Morgan fingerprint density at radius 1 is 1.00 bits per heavy atom. The van der Waals surface area contributed by atoms with Crippen LogP contribution in [0.15, 0.2) is 66.9 Å². The molecule has 0 amide bonds. The highest BCUT2D eigenvalue weighted by Gasteiger charge is 2.20. The van der Waals surface area contributed by atoms with E-state index in [2.05, 4.69) is 9.88 Å². The number of nitrogen functional groups attached to an aromatic ring is 1. The first-order valence-electron chi connectivity index (χ1n) is 9.66. The number of aldehydes is 1. The van der Waals surface area contributed by atoms with Crippen LogP contribution in [-0.2, 0) is 0 Å². The van der Waals surface area contributed by atoms with Crippen molar-refractivity contribution >= 4 is 23.5 Å². The second kappa shape index (κ2) is 10.2. The zero-order chi connectivity index (χ0) is 21.3. The first kappa shape index (κ1) is 21.1. The highest BCUT2D eigenvalue weighted by atomic mass is 19.1. The maximum absolute atomic E-state index is 13.7. The Labute approximate surface area is 177 Å². The average molecular weight is 410 g/mol. The van der Waals surface area contributed by atoms with E-state index in [1.165, 1.54) is 6.07 Å². The number of ether oxygens (including phenoxy) is 1. The van der Waals surface area contributed by atoms with Crippen molar-refractivity contribution in [1.29, 1.82) is 0 Å². The minimum absolute atomic E-state index is 0. The van der Waals surface area contributed by atoms with Gasteiger partial charge in [-0.2, -0.15) is 0 Å². The molecular formula is C23H27FN4O2. The van der Waals surface area contributed by atoms with Crippen LogP contribution in [0.5, 0.6) is 5.75 Å². The predicted molar refractivity (Wildman–Crippen MR) is 120 cm³/mol. The van der Waals surface area contributed by atoms with Gasteiger partial charge >= 0.3 is 0 Å². The van der Waals surface area contributed by atoms with Crippen LogP contribution in [0.1, 0.15) is 11.8 Å². The molecule has 2 heterocycles. The normalized spacial score (nSPS) is 13.3. The number of pyridine rings is 1. The van der Waals surface area contributed by atoms with E-state index >= 15 is 0 Å². The van der Waals surface area contributed by atoms with E-state index in [0.717, 1.165) is 49.6 Å². The number of rotatable bonds is 4. The van der Waals surface area contributed by atoms with Gasteiger partial charge in [0, 0.05) is 50.7 Å². The van der Waals surface area contributed by atoms with Crippen molar-refractivity contribution in [3.05, 3.63) is 78.2 Å². The summed E-state index contributed by atoms with van der Waals surface area (Å²) in [6.07, 6.45) is 2.43. The molecule has 0 spiro atoms. The number of nitrogens with two attached hydrogens (primary N) is 1. The molecule has 0 atom stereocenters. The van der Waals surface area contributed by atoms with Crippen LogP contribution in [0.2, 0.25) is 0 Å². The zero-order valence-electron chi connectivity index (χ0n) is 16.9. The summed E-state index contributed by atoms with van der Waals surface area (Å²) in [6.45, 7) is 3.22. The van der Waals surface area contributed by atoms with Crippen molar-refractivity contribution in [3.8, 4) is 5.75 Å². The predicted octanol–water partition coefficient (Wildman–Crippen LogP) is 3.88. The molecule has 0 unspecified atom stereocenters. The van der Waals surface area contributed by atoms with E-state index in [4.69, 9.17) is 10.5 Å². The number of carbonyl (C=O) groups is 1. The maximum Gasteiger partial charge on any atom is 0.165 e. The van der Waals surface area contributed by atoms with Crippen molar-refractivity contribution in [1.82, 2.24) is 4.98 Å². The first-order chi connectivity index (χ1) is 14.6. The van der Waals surface area contributed by atoms with Crippen LogP contribution in [0.25, 0.3) is 0 Å². The molecule has 1 aromatic heterocycles. The lowest BCUT2D eigenvalue weighted by Gasteiger charge is -2.36. The van der Waals surface area contributed by atoms with Gasteiger partial charge in [-0.15, -0.1) is 0 Å². The molecule has 158 valence electrons. The highest BCUT2D eigenvalue weighted by molar-refractivity contribution is 5.74. The lowest BCUT2D eigenvalue weighted by atomic mass is 10.2. The monoisotopic (exact) mass is 410 g/mol. The summed E-state index contributed by atoms with van der Waals surface area (Å²) in [7, 11) is 1.59. The van der Waals surface area contributed by atoms with Crippen LogP contribution in [0.3, 0.4) is 0 Å². The number of anilines is 3. The number of benzene rings is 2.